The highest BCUT2D eigenvalue weighted by molar-refractivity contribution is 5.97. The number of hydrogen-bond donors (Lipinski definition) is 1. The van der Waals surface area contributed by atoms with Crippen LogP contribution in [0.5, 0.6) is 5.75 Å². The van der Waals surface area contributed by atoms with Gasteiger partial charge in [-0.25, -0.2) is 4.98 Å². The molecule has 1 fully saturated rings. The van der Waals surface area contributed by atoms with Gasteiger partial charge in [-0.3, -0.25) is 9.59 Å². The van der Waals surface area contributed by atoms with Gasteiger partial charge in [0.2, 0.25) is 5.91 Å². The number of nitrogens with one attached hydrogen (secondary N) is 1. The van der Waals surface area contributed by atoms with Crippen LogP contribution in [0.1, 0.15) is 35.6 Å². The number of carbonyl (C=O) groups excluding carboxylic acids is 2. The van der Waals surface area contributed by atoms with Crippen LogP contribution in [0.25, 0.3) is 0 Å². The Hall–Kier alpha value is -2.83. The van der Waals surface area contributed by atoms with E-state index in [4.69, 9.17) is 4.74 Å². The molecule has 2 aromatic rings. The summed E-state index contributed by atoms with van der Waals surface area (Å²) in [7, 11) is 3.46. The highest BCUT2D eigenvalue weighted by Crippen LogP contribution is 2.36. The minimum absolute atomic E-state index is 0.0257. The fourth-order valence-electron chi connectivity index (χ4n) is 3.58. The van der Waals surface area contributed by atoms with Crippen molar-refractivity contribution in [3.05, 3.63) is 48.0 Å². The molecule has 26 heavy (non-hydrogen) atoms. The third-order valence-electron chi connectivity index (χ3n) is 4.88. The van der Waals surface area contributed by atoms with Gasteiger partial charge < -0.3 is 19.5 Å². The van der Waals surface area contributed by atoms with E-state index in [0.717, 1.165) is 5.82 Å². The average molecular weight is 356 g/mol. The number of nitrogens with zero attached hydrogens (tertiary/aromatic N) is 3. The summed E-state index contributed by atoms with van der Waals surface area (Å²) < 4.78 is 7.18. The van der Waals surface area contributed by atoms with Crippen molar-refractivity contribution in [1.29, 1.82) is 0 Å². The van der Waals surface area contributed by atoms with Gasteiger partial charge in [0.25, 0.3) is 5.91 Å². The minimum Gasteiger partial charge on any atom is -0.496 e. The molecule has 1 N–H and O–H groups in total. The van der Waals surface area contributed by atoms with Crippen LogP contribution in [0, 0.1) is 5.92 Å². The fraction of sp³-hybridized carbons (Fsp3) is 0.421. The lowest BCUT2D eigenvalue weighted by atomic mass is 9.99. The normalized spacial score (nSPS) is 19.7. The summed E-state index contributed by atoms with van der Waals surface area (Å²) in [6, 6.07) is 6.96. The Kier molecular flexibility index (Phi) is 5.25. The van der Waals surface area contributed by atoms with E-state index in [9.17, 15) is 9.59 Å². The van der Waals surface area contributed by atoms with Crippen LogP contribution in [0.2, 0.25) is 0 Å². The second kappa shape index (κ2) is 7.59. The molecule has 1 aliphatic heterocycles. The molecule has 1 aromatic heterocycles. The van der Waals surface area contributed by atoms with Gasteiger partial charge in [0.15, 0.2) is 0 Å². The average Bonchev–Trinajstić information content (AvgIpc) is 3.21. The maximum atomic E-state index is 12.6. The zero-order valence-electron chi connectivity index (χ0n) is 15.3. The highest BCUT2D eigenvalue weighted by Gasteiger charge is 2.41. The van der Waals surface area contributed by atoms with E-state index in [1.54, 1.807) is 24.4 Å². The lowest BCUT2D eigenvalue weighted by molar-refractivity contribution is -0.128. The van der Waals surface area contributed by atoms with Crippen LogP contribution in [-0.4, -0.2) is 46.5 Å². The maximum absolute atomic E-state index is 12.6. The van der Waals surface area contributed by atoms with Crippen LogP contribution < -0.4 is 10.1 Å². The van der Waals surface area contributed by atoms with E-state index in [1.165, 1.54) is 7.11 Å². The van der Waals surface area contributed by atoms with E-state index in [-0.39, 0.29) is 23.8 Å². The number of amides is 2. The molecule has 7 nitrogen and oxygen atoms in total. The molecule has 0 saturated carbocycles. The van der Waals surface area contributed by atoms with Crippen LogP contribution in [-0.2, 0) is 11.8 Å². The quantitative estimate of drug-likeness (QED) is 0.856. The Morgan fingerprint density at radius 1 is 1.38 bits per heavy atom. The first kappa shape index (κ1) is 18.0. The van der Waals surface area contributed by atoms with Crippen molar-refractivity contribution in [2.45, 2.75) is 19.4 Å². The molecule has 2 heterocycles. The third-order valence-corrected chi connectivity index (χ3v) is 4.88. The first-order valence-corrected chi connectivity index (χ1v) is 8.74. The number of ether oxygens (including phenoxy) is 1. The second-order valence-electron chi connectivity index (χ2n) is 6.40. The molecule has 0 aliphatic carbocycles. The molecule has 0 radical (unpaired) electrons. The van der Waals surface area contributed by atoms with Gasteiger partial charge in [-0.1, -0.05) is 12.1 Å². The van der Waals surface area contributed by atoms with Crippen molar-refractivity contribution < 1.29 is 14.3 Å². The lowest BCUT2D eigenvalue weighted by Gasteiger charge is -2.27. The number of benzene rings is 1. The van der Waals surface area contributed by atoms with Crippen molar-refractivity contribution >= 4 is 11.8 Å². The van der Waals surface area contributed by atoms with Crippen molar-refractivity contribution in [2.75, 3.05) is 20.2 Å². The topological polar surface area (TPSA) is 76.5 Å². The number of likely N-dealkylation sites (tertiary alicyclic amines) is 1. The van der Waals surface area contributed by atoms with Crippen LogP contribution >= 0.6 is 0 Å². The van der Waals surface area contributed by atoms with Crippen LogP contribution in [0.4, 0.5) is 0 Å². The summed E-state index contributed by atoms with van der Waals surface area (Å²) in [5.41, 5.74) is 0.486. The van der Waals surface area contributed by atoms with Crippen molar-refractivity contribution in [3.63, 3.8) is 0 Å². The number of para-hydroxylation sites is 1. The second-order valence-corrected chi connectivity index (χ2v) is 6.40. The molecule has 1 aromatic carbocycles. The number of aryl methyl sites for hydroxylation is 1. The Balaban J connectivity index is 1.76. The molecule has 0 spiro atoms. The molecule has 3 rings (SSSR count). The van der Waals surface area contributed by atoms with Gasteiger partial charge in [0.1, 0.15) is 11.6 Å². The first-order chi connectivity index (χ1) is 12.6. The monoisotopic (exact) mass is 356 g/mol. The predicted octanol–water partition coefficient (Wildman–Crippen LogP) is 1.77. The molecule has 1 aliphatic rings. The van der Waals surface area contributed by atoms with Gasteiger partial charge in [0.05, 0.1) is 18.7 Å². The standard InChI is InChI=1S/C19H24N4O3/c1-4-23-16(24)11-13(17(23)18-20-9-10-22(18)2)12-21-19(25)14-7-5-6-8-15(14)26-3/h5-10,13,17H,4,11-12H2,1-3H3,(H,21,25)/t13-,17+/m0/s1. The van der Waals surface area contributed by atoms with Crippen molar-refractivity contribution in [2.24, 2.45) is 13.0 Å². The first-order valence-electron chi connectivity index (χ1n) is 8.74. The van der Waals surface area contributed by atoms with Gasteiger partial charge >= 0.3 is 0 Å². The van der Waals surface area contributed by atoms with E-state index in [2.05, 4.69) is 10.3 Å². The van der Waals surface area contributed by atoms with Crippen LogP contribution in [0.15, 0.2) is 36.7 Å². The zero-order chi connectivity index (χ0) is 18.7. The SMILES string of the molecule is CCN1C(=O)C[C@@H](CNC(=O)c2ccccc2OC)[C@@H]1c1nccn1C. The number of carbonyl (C=O) groups is 2. The van der Waals surface area contributed by atoms with Gasteiger partial charge in [-0.15, -0.1) is 0 Å². The van der Waals surface area contributed by atoms with Gasteiger partial charge in [-0.2, -0.15) is 0 Å². The molecule has 2 amide bonds. The summed E-state index contributed by atoms with van der Waals surface area (Å²) >= 11 is 0. The van der Waals surface area contributed by atoms with E-state index in [0.29, 0.717) is 30.8 Å². The summed E-state index contributed by atoms with van der Waals surface area (Å²) in [6.07, 6.45) is 4.00. The number of hydrogen-bond acceptors (Lipinski definition) is 4. The Labute approximate surface area is 153 Å². The lowest BCUT2D eigenvalue weighted by Crippen LogP contribution is -2.35. The number of methoxy groups -OCH3 is 1. The molecule has 0 unspecified atom stereocenters. The Bertz CT molecular complexity index is 802. The minimum atomic E-state index is -0.205. The number of rotatable bonds is 6. The summed E-state index contributed by atoms with van der Waals surface area (Å²) in [5, 5.41) is 2.96. The zero-order valence-corrected chi connectivity index (χ0v) is 15.3. The summed E-state index contributed by atoms with van der Waals surface area (Å²) in [5.74, 6) is 1.24. The number of imidazole rings is 1. The van der Waals surface area contributed by atoms with E-state index < -0.39 is 0 Å². The van der Waals surface area contributed by atoms with Crippen molar-refractivity contribution in [1.82, 2.24) is 19.8 Å². The van der Waals surface area contributed by atoms with Gasteiger partial charge in [0, 0.05) is 44.9 Å². The van der Waals surface area contributed by atoms with Crippen LogP contribution in [0.3, 0.4) is 0 Å². The van der Waals surface area contributed by atoms with Gasteiger partial charge in [-0.05, 0) is 19.1 Å². The molecule has 138 valence electrons. The molecule has 0 bridgehead atoms. The maximum Gasteiger partial charge on any atom is 0.255 e. The Morgan fingerprint density at radius 3 is 2.81 bits per heavy atom. The summed E-state index contributed by atoms with van der Waals surface area (Å²) in [4.78, 5) is 31.2. The predicted molar refractivity (Wildman–Crippen MR) is 96.8 cm³/mol. The largest absolute Gasteiger partial charge is 0.496 e. The molecular formula is C19H24N4O3. The third kappa shape index (κ3) is 3.29. The fourth-order valence-corrected chi connectivity index (χ4v) is 3.58. The number of aromatic nitrogens is 2. The van der Waals surface area contributed by atoms with E-state index in [1.807, 2.05) is 35.7 Å². The smallest absolute Gasteiger partial charge is 0.255 e. The van der Waals surface area contributed by atoms with Crippen molar-refractivity contribution in [3.8, 4) is 5.75 Å². The summed E-state index contributed by atoms with van der Waals surface area (Å²) in [6.45, 7) is 2.98. The van der Waals surface area contributed by atoms with E-state index >= 15 is 0 Å². The Morgan fingerprint density at radius 2 is 2.15 bits per heavy atom. The molecule has 2 atom stereocenters. The molecule has 7 heteroatoms. The molecule has 1 saturated heterocycles. The highest BCUT2D eigenvalue weighted by atomic mass is 16.5. The molecular weight excluding hydrogens is 332 g/mol.